The molecule has 1 aliphatic rings. The normalized spacial score (nSPS) is 17.4. The molecular weight excluding hydrogens is 502 g/mol. The highest BCUT2D eigenvalue weighted by Crippen LogP contribution is 2.36. The fourth-order valence-electron chi connectivity index (χ4n) is 4.24. The number of hydrogen-bond donors (Lipinski definition) is 1. The van der Waals surface area contributed by atoms with Gasteiger partial charge in [0.1, 0.15) is 5.92 Å². The third kappa shape index (κ3) is 6.62. The number of esters is 1. The Labute approximate surface area is 217 Å². The maximum absolute atomic E-state index is 13.8. The zero-order chi connectivity index (χ0) is 28.0. The summed E-state index contributed by atoms with van der Waals surface area (Å²) in [5.74, 6) is -4.57. The summed E-state index contributed by atoms with van der Waals surface area (Å²) in [5, 5.41) is 14.2. The van der Waals surface area contributed by atoms with Gasteiger partial charge in [-0.05, 0) is 51.4 Å². The van der Waals surface area contributed by atoms with Gasteiger partial charge in [0.05, 0.1) is 29.2 Å². The lowest BCUT2D eigenvalue weighted by molar-refractivity contribution is -0.385. The average molecular weight is 531 g/mol. The fourth-order valence-corrected chi connectivity index (χ4v) is 4.24. The van der Waals surface area contributed by atoms with Crippen molar-refractivity contribution in [1.82, 2.24) is 10.2 Å². The van der Waals surface area contributed by atoms with Gasteiger partial charge in [-0.2, -0.15) is 0 Å². The lowest BCUT2D eigenvalue weighted by atomic mass is 9.86. The van der Waals surface area contributed by atoms with E-state index in [0.29, 0.717) is 12.0 Å². The molecule has 0 fully saturated rings. The number of hydrogen-bond acceptors (Lipinski definition) is 7. The van der Waals surface area contributed by atoms with Crippen LogP contribution in [0.5, 0.6) is 0 Å². The lowest BCUT2D eigenvalue weighted by Gasteiger charge is -2.38. The van der Waals surface area contributed by atoms with E-state index in [9.17, 15) is 33.3 Å². The van der Waals surface area contributed by atoms with Crippen LogP contribution in [0, 0.1) is 27.7 Å². The number of nitrogens with one attached hydrogen (secondary N) is 1. The molecule has 2 unspecified atom stereocenters. The molecule has 0 saturated heterocycles. The number of carbonyl (C=O) groups is 3. The van der Waals surface area contributed by atoms with Crippen molar-refractivity contribution in [2.75, 3.05) is 19.6 Å². The Hall–Kier alpha value is -4.06. The Morgan fingerprint density at radius 3 is 2.61 bits per heavy atom. The van der Waals surface area contributed by atoms with E-state index in [-0.39, 0.29) is 36.6 Å². The maximum atomic E-state index is 13.8. The zero-order valence-corrected chi connectivity index (χ0v) is 21.1. The van der Waals surface area contributed by atoms with Gasteiger partial charge in [-0.25, -0.2) is 18.6 Å². The third-order valence-corrected chi connectivity index (χ3v) is 5.94. The van der Waals surface area contributed by atoms with Gasteiger partial charge in [-0.1, -0.05) is 18.2 Å². The van der Waals surface area contributed by atoms with Crippen LogP contribution >= 0.6 is 0 Å². The minimum atomic E-state index is -1.22. The van der Waals surface area contributed by atoms with Crippen molar-refractivity contribution in [2.24, 2.45) is 10.9 Å². The van der Waals surface area contributed by atoms with E-state index in [2.05, 4.69) is 10.3 Å². The van der Waals surface area contributed by atoms with E-state index in [1.165, 1.54) is 42.2 Å². The molecule has 2 aromatic carbocycles. The molecule has 2 aromatic rings. The van der Waals surface area contributed by atoms with Gasteiger partial charge in [0.25, 0.3) is 5.69 Å². The highest BCUT2D eigenvalue weighted by molar-refractivity contribution is 6.08. The maximum Gasteiger partial charge on any atom is 0.344 e. The van der Waals surface area contributed by atoms with Crippen LogP contribution in [0.25, 0.3) is 0 Å². The van der Waals surface area contributed by atoms with E-state index < -0.39 is 52.4 Å². The smallest absolute Gasteiger partial charge is 0.344 e. The first kappa shape index (κ1) is 28.5. The topological polar surface area (TPSA) is 131 Å². The molecule has 0 bridgehead atoms. The van der Waals surface area contributed by atoms with Crippen LogP contribution in [0.1, 0.15) is 49.2 Å². The van der Waals surface area contributed by atoms with E-state index in [1.807, 2.05) is 0 Å². The van der Waals surface area contributed by atoms with Crippen LogP contribution < -0.4 is 5.32 Å². The average Bonchev–Trinajstić information content (AvgIpc) is 2.85. The highest BCUT2D eigenvalue weighted by Gasteiger charge is 2.43. The molecule has 0 aliphatic carbocycles. The van der Waals surface area contributed by atoms with Crippen LogP contribution in [-0.4, -0.2) is 59.1 Å². The molecule has 202 valence electrons. The molecule has 38 heavy (non-hydrogen) atoms. The second-order valence-electron chi connectivity index (χ2n) is 9.04. The fraction of sp³-hybridized carbons (Fsp3) is 0.385. The quantitative estimate of drug-likeness (QED) is 0.151. The summed E-state index contributed by atoms with van der Waals surface area (Å²) in [7, 11) is 0. The zero-order valence-electron chi connectivity index (χ0n) is 21.1. The molecule has 0 aromatic heterocycles. The van der Waals surface area contributed by atoms with E-state index in [0.717, 1.165) is 6.07 Å². The summed E-state index contributed by atoms with van der Waals surface area (Å²) in [4.78, 5) is 54.4. The number of aliphatic imine (C=N–C) groups is 1. The minimum Gasteiger partial charge on any atom is -0.462 e. The number of Topliss-reactive ketones (excluding diaryl/α,β-unsaturated/α-hetero) is 1. The second kappa shape index (κ2) is 12.5. The van der Waals surface area contributed by atoms with Crippen molar-refractivity contribution in [2.45, 2.75) is 39.3 Å². The summed E-state index contributed by atoms with van der Waals surface area (Å²) in [6.07, 6.45) is -0.131. The monoisotopic (exact) mass is 530 g/mol. The van der Waals surface area contributed by atoms with Gasteiger partial charge in [0, 0.05) is 24.4 Å². The van der Waals surface area contributed by atoms with E-state index >= 15 is 0 Å². The number of nitrogens with zero attached hydrogens (tertiary/aromatic N) is 3. The molecule has 12 heteroatoms. The Morgan fingerprint density at radius 1 is 1.21 bits per heavy atom. The van der Waals surface area contributed by atoms with Crippen LogP contribution in [-0.2, 0) is 9.53 Å². The number of urea groups is 1. The number of nitro benzene ring substituents is 1. The largest absolute Gasteiger partial charge is 0.462 e. The SMILES string of the molecule is CC1=NC(=O)N(CCCNCC(=O)c2cccc(F)c2F)C(c2cccc([N+](=O)[O-])c2)C1C(=O)OC(C)C. The highest BCUT2D eigenvalue weighted by atomic mass is 19.2. The van der Waals surface area contributed by atoms with Gasteiger partial charge >= 0.3 is 12.0 Å². The first-order valence-corrected chi connectivity index (χ1v) is 12.0. The molecule has 1 heterocycles. The van der Waals surface area contributed by atoms with Gasteiger partial charge in [-0.15, -0.1) is 0 Å². The second-order valence-corrected chi connectivity index (χ2v) is 9.04. The predicted octanol–water partition coefficient (Wildman–Crippen LogP) is 4.24. The van der Waals surface area contributed by atoms with Crippen molar-refractivity contribution < 1.29 is 32.8 Å². The van der Waals surface area contributed by atoms with Crippen molar-refractivity contribution in [1.29, 1.82) is 0 Å². The molecule has 1 N–H and O–H groups in total. The molecule has 0 spiro atoms. The number of carbonyl (C=O) groups excluding carboxylic acids is 3. The lowest BCUT2D eigenvalue weighted by Crippen LogP contribution is -2.48. The number of rotatable bonds is 11. The number of nitro groups is 1. The summed E-state index contributed by atoms with van der Waals surface area (Å²) in [6, 6.07) is 7.51. The number of benzene rings is 2. The molecular formula is C26H28F2N4O6. The molecule has 0 saturated carbocycles. The van der Waals surface area contributed by atoms with Crippen LogP contribution in [0.2, 0.25) is 0 Å². The van der Waals surface area contributed by atoms with E-state index in [1.54, 1.807) is 19.9 Å². The molecule has 2 amide bonds. The standard InChI is InChI=1S/C26H28F2N4O6/c1-15(2)38-25(34)22-16(3)30-26(35)31(24(22)17-7-4-8-18(13-17)32(36)37)12-6-11-29-14-21(33)19-9-5-10-20(27)23(19)28/h4-5,7-10,13,15,22,24,29H,6,11-12,14H2,1-3H3. The molecule has 2 atom stereocenters. The first-order valence-electron chi connectivity index (χ1n) is 12.0. The number of ether oxygens (including phenoxy) is 1. The van der Waals surface area contributed by atoms with Crippen LogP contribution in [0.4, 0.5) is 19.3 Å². The first-order chi connectivity index (χ1) is 18.0. The van der Waals surface area contributed by atoms with Crippen LogP contribution in [0.15, 0.2) is 47.5 Å². The summed E-state index contributed by atoms with van der Waals surface area (Å²) < 4.78 is 32.6. The van der Waals surface area contributed by atoms with Gasteiger partial charge in [0.2, 0.25) is 0 Å². The molecule has 0 radical (unpaired) electrons. The molecule has 10 nitrogen and oxygen atoms in total. The predicted molar refractivity (Wildman–Crippen MR) is 134 cm³/mol. The third-order valence-electron chi connectivity index (χ3n) is 5.94. The number of non-ortho nitro benzene ring substituents is 1. The van der Waals surface area contributed by atoms with Gasteiger partial charge in [0.15, 0.2) is 17.4 Å². The van der Waals surface area contributed by atoms with Crippen molar-refractivity contribution in [3.63, 3.8) is 0 Å². The molecule has 3 rings (SSSR count). The van der Waals surface area contributed by atoms with Gasteiger partial charge in [-0.3, -0.25) is 19.7 Å². The molecule has 1 aliphatic heterocycles. The van der Waals surface area contributed by atoms with Crippen molar-refractivity contribution in [3.05, 3.63) is 75.3 Å². The van der Waals surface area contributed by atoms with Crippen molar-refractivity contribution in [3.8, 4) is 0 Å². The van der Waals surface area contributed by atoms with Gasteiger partial charge < -0.3 is 15.0 Å². The Morgan fingerprint density at radius 2 is 1.92 bits per heavy atom. The minimum absolute atomic E-state index is 0.0872. The van der Waals surface area contributed by atoms with Crippen molar-refractivity contribution >= 4 is 29.2 Å². The Balaban J connectivity index is 1.77. The van der Waals surface area contributed by atoms with Crippen LogP contribution in [0.3, 0.4) is 0 Å². The summed E-state index contributed by atoms with van der Waals surface area (Å²) in [5.41, 5.74) is 0.0352. The Bertz CT molecular complexity index is 1270. The summed E-state index contributed by atoms with van der Waals surface area (Å²) >= 11 is 0. The van der Waals surface area contributed by atoms with E-state index in [4.69, 9.17) is 4.74 Å². The Kier molecular flexibility index (Phi) is 9.35. The summed E-state index contributed by atoms with van der Waals surface area (Å²) in [6.45, 7) is 4.94. The number of halogens is 2. The number of ketones is 1. The number of amides is 2.